The number of hydrogen-bond acceptors (Lipinski definition) is 5. The Morgan fingerprint density at radius 2 is 1.26 bits per heavy atom. The third-order valence-corrected chi connectivity index (χ3v) is 11.1. The molecule has 0 saturated heterocycles. The van der Waals surface area contributed by atoms with Crippen LogP contribution in [-0.2, 0) is 20.1 Å². The van der Waals surface area contributed by atoms with E-state index in [0.717, 1.165) is 61.3 Å². The summed E-state index contributed by atoms with van der Waals surface area (Å²) in [6.07, 6.45) is 1.79. The molecule has 305 valence electrons. The Balaban J connectivity index is 0.000000325. The maximum absolute atomic E-state index is 6.71. The van der Waals surface area contributed by atoms with Crippen molar-refractivity contribution < 1.29 is 28.9 Å². The summed E-state index contributed by atoms with van der Waals surface area (Å²) in [6, 6.07) is 62.3. The van der Waals surface area contributed by atoms with E-state index in [0.29, 0.717) is 22.6 Å². The van der Waals surface area contributed by atoms with Crippen LogP contribution in [0.25, 0.3) is 95.0 Å². The van der Waals surface area contributed by atoms with Gasteiger partial charge in [0.15, 0.2) is 0 Å². The Labute approximate surface area is 374 Å². The molecule has 0 unspecified atom stereocenters. The number of benzene rings is 7. The number of oxazole rings is 1. The predicted octanol–water partition coefficient (Wildman–Crippen LogP) is 14.7. The van der Waals surface area contributed by atoms with Crippen molar-refractivity contribution in [2.75, 3.05) is 0 Å². The summed E-state index contributed by atoms with van der Waals surface area (Å²) in [5.74, 6) is 1.79. The first-order valence-corrected chi connectivity index (χ1v) is 20.7. The van der Waals surface area contributed by atoms with Crippen LogP contribution < -0.4 is 0 Å². The molecule has 7 heteroatoms. The quantitative estimate of drug-likeness (QED) is 0.149. The number of para-hydroxylation sites is 3. The Morgan fingerprint density at radius 3 is 1.95 bits per heavy atom. The molecule has 0 atom stereocenters. The van der Waals surface area contributed by atoms with Gasteiger partial charge in [-0.3, -0.25) is 4.98 Å². The average molecular weight is 983 g/mol. The van der Waals surface area contributed by atoms with E-state index >= 15 is 0 Å². The molecule has 6 nitrogen and oxygen atoms in total. The average Bonchev–Trinajstić information content (AvgIpc) is 4.03. The summed E-state index contributed by atoms with van der Waals surface area (Å²) in [7, 11) is 0. The molecule has 11 rings (SSSR count). The zero-order valence-electron chi connectivity index (χ0n) is 34.8. The number of fused-ring (bicyclic) bond motifs is 6. The van der Waals surface area contributed by atoms with Crippen LogP contribution in [0, 0.1) is 12.1 Å². The standard InChI is InChI=1S/C44H34N3O2.C11H8N.Ir/c1-26(2)32-23-30(28-15-7-5-8-16-28)24-33(27(3)4)40(32)47-37-21-13-12-20-35(37)45-43(47)34-25-36-42(49-44(46-36)29-17-9-6-10-18-29)39-31-19-11-14-22-38(31)48-41(34)39;1-2-6-10(7-3-1)11-8-4-5-9-12-11;/h5-24,26-27H,1-4H3;1-6,8-9H;/q2*-1;. The van der Waals surface area contributed by atoms with Crippen molar-refractivity contribution in [2.24, 2.45) is 0 Å². The van der Waals surface area contributed by atoms with Gasteiger partial charge in [-0.25, -0.2) is 4.98 Å². The molecule has 1 radical (unpaired) electrons. The van der Waals surface area contributed by atoms with Crippen molar-refractivity contribution in [2.45, 2.75) is 39.5 Å². The van der Waals surface area contributed by atoms with Gasteiger partial charge in [0.25, 0.3) is 0 Å². The molecular formula is C55H42IrN4O2-2. The van der Waals surface area contributed by atoms with Crippen molar-refractivity contribution in [1.29, 1.82) is 0 Å². The van der Waals surface area contributed by atoms with Crippen LogP contribution in [0.1, 0.15) is 50.7 Å². The van der Waals surface area contributed by atoms with Crippen molar-refractivity contribution in [3.8, 4) is 50.9 Å². The van der Waals surface area contributed by atoms with Gasteiger partial charge >= 0.3 is 0 Å². The summed E-state index contributed by atoms with van der Waals surface area (Å²) in [6.45, 7) is 9.08. The minimum Gasteiger partial charge on any atom is -0.500 e. The third kappa shape index (κ3) is 7.44. The number of furan rings is 1. The number of pyridine rings is 1. The Morgan fingerprint density at radius 1 is 0.597 bits per heavy atom. The van der Waals surface area contributed by atoms with Crippen molar-refractivity contribution in [1.82, 2.24) is 19.5 Å². The fraction of sp³-hybridized carbons (Fsp3) is 0.109. The van der Waals surface area contributed by atoms with E-state index in [1.54, 1.807) is 6.20 Å². The minimum atomic E-state index is 0. The topological polar surface area (TPSA) is 69.9 Å². The van der Waals surface area contributed by atoms with E-state index in [-0.39, 0.29) is 31.9 Å². The molecule has 0 aliphatic heterocycles. The number of nitrogens with zero attached hydrogens (tertiary/aromatic N) is 4. The van der Waals surface area contributed by atoms with Crippen LogP contribution in [0.4, 0.5) is 0 Å². The number of aromatic nitrogens is 4. The normalized spacial score (nSPS) is 11.4. The molecule has 0 aliphatic rings. The van der Waals surface area contributed by atoms with E-state index in [2.05, 4.69) is 116 Å². The van der Waals surface area contributed by atoms with Crippen molar-refractivity contribution in [3.05, 3.63) is 193 Å². The Hall–Kier alpha value is -6.92. The van der Waals surface area contributed by atoms with Gasteiger partial charge in [0, 0.05) is 48.5 Å². The number of rotatable bonds is 7. The first-order valence-electron chi connectivity index (χ1n) is 20.7. The first kappa shape index (κ1) is 40.5. The largest absolute Gasteiger partial charge is 0.500 e. The van der Waals surface area contributed by atoms with Gasteiger partial charge in [-0.1, -0.05) is 124 Å². The Kier molecular flexibility index (Phi) is 11.2. The molecule has 7 aromatic carbocycles. The second-order valence-corrected chi connectivity index (χ2v) is 15.8. The van der Waals surface area contributed by atoms with Crippen LogP contribution >= 0.6 is 0 Å². The van der Waals surface area contributed by atoms with Gasteiger partial charge in [0.2, 0.25) is 5.89 Å². The molecule has 0 saturated carbocycles. The molecule has 62 heavy (non-hydrogen) atoms. The third-order valence-electron chi connectivity index (χ3n) is 11.1. The van der Waals surface area contributed by atoms with Gasteiger partial charge in [-0.2, -0.15) is 0 Å². The molecule has 0 bridgehead atoms. The predicted molar refractivity (Wildman–Crippen MR) is 248 cm³/mol. The molecule has 0 amide bonds. The maximum Gasteiger partial charge on any atom is 0.216 e. The number of imidazole rings is 1. The molecule has 4 aromatic heterocycles. The summed E-state index contributed by atoms with van der Waals surface area (Å²) in [5, 5.41) is 1.84. The summed E-state index contributed by atoms with van der Waals surface area (Å²) < 4.78 is 15.6. The second-order valence-electron chi connectivity index (χ2n) is 15.8. The second kappa shape index (κ2) is 17.2. The SMILES string of the molecule is CC(C)c1cc(-c2ccccc2)cc(C(C)C)c1-n1c(-c2[c-]c3nc(-c4ccccc4)oc3c3c2oc2ccccc23)nc2ccccc21.[Ir].[c-]1ccccc1-c1ccccn1. The zero-order chi connectivity index (χ0) is 41.5. The van der Waals surface area contributed by atoms with Crippen LogP contribution in [-0.4, -0.2) is 19.5 Å². The zero-order valence-corrected chi connectivity index (χ0v) is 37.2. The van der Waals surface area contributed by atoms with E-state index in [1.807, 2.05) is 97.1 Å². The van der Waals surface area contributed by atoms with Gasteiger partial charge in [0.1, 0.15) is 5.58 Å². The monoisotopic (exact) mass is 983 g/mol. The molecule has 0 N–H and O–H groups in total. The fourth-order valence-electron chi connectivity index (χ4n) is 8.17. The first-order chi connectivity index (χ1) is 29.9. The maximum atomic E-state index is 6.71. The van der Waals surface area contributed by atoms with Crippen LogP contribution in [0.5, 0.6) is 0 Å². The van der Waals surface area contributed by atoms with E-state index in [1.165, 1.54) is 22.3 Å². The van der Waals surface area contributed by atoms with Crippen LogP contribution in [0.15, 0.2) is 179 Å². The minimum absolute atomic E-state index is 0. The van der Waals surface area contributed by atoms with E-state index in [4.69, 9.17) is 18.8 Å². The van der Waals surface area contributed by atoms with Crippen LogP contribution in [0.3, 0.4) is 0 Å². The van der Waals surface area contributed by atoms with Gasteiger partial charge < -0.3 is 18.4 Å². The van der Waals surface area contributed by atoms with Crippen molar-refractivity contribution in [3.63, 3.8) is 0 Å². The number of hydrogen-bond donors (Lipinski definition) is 0. The van der Waals surface area contributed by atoms with Crippen LogP contribution in [0.2, 0.25) is 0 Å². The van der Waals surface area contributed by atoms with Gasteiger partial charge in [-0.05, 0) is 93.7 Å². The van der Waals surface area contributed by atoms with E-state index in [9.17, 15) is 0 Å². The fourth-order valence-corrected chi connectivity index (χ4v) is 8.17. The van der Waals surface area contributed by atoms with Gasteiger partial charge in [0.05, 0.1) is 28.0 Å². The van der Waals surface area contributed by atoms with Crippen molar-refractivity contribution >= 4 is 44.1 Å². The molecule has 4 heterocycles. The molecule has 0 spiro atoms. The van der Waals surface area contributed by atoms with E-state index < -0.39 is 0 Å². The summed E-state index contributed by atoms with van der Waals surface area (Å²) in [5.41, 5.74) is 14.4. The molecule has 11 aromatic rings. The van der Waals surface area contributed by atoms with Gasteiger partial charge in [-0.15, -0.1) is 42.0 Å². The molecular weight excluding hydrogens is 941 g/mol. The summed E-state index contributed by atoms with van der Waals surface area (Å²) >= 11 is 0. The summed E-state index contributed by atoms with van der Waals surface area (Å²) in [4.78, 5) is 14.6. The smallest absolute Gasteiger partial charge is 0.216 e. The molecule has 0 aliphatic carbocycles. The molecule has 0 fully saturated rings. The Bertz CT molecular complexity index is 3230.